The van der Waals surface area contributed by atoms with Gasteiger partial charge < -0.3 is 20.1 Å². The van der Waals surface area contributed by atoms with Gasteiger partial charge in [0.05, 0.1) is 17.4 Å². The van der Waals surface area contributed by atoms with Crippen molar-refractivity contribution in [3.8, 4) is 17.0 Å². The monoisotopic (exact) mass is 503 g/mol. The molecule has 10 nitrogen and oxygen atoms in total. The largest absolute Gasteiger partial charge is 0.434 e. The quantitative estimate of drug-likeness (QED) is 0.372. The van der Waals surface area contributed by atoms with Crippen LogP contribution >= 0.6 is 11.6 Å². The second kappa shape index (κ2) is 9.12. The van der Waals surface area contributed by atoms with Gasteiger partial charge in [-0.25, -0.2) is 9.50 Å². The Labute approximate surface area is 202 Å². The van der Waals surface area contributed by atoms with Crippen molar-refractivity contribution < 1.29 is 23.4 Å². The van der Waals surface area contributed by atoms with Gasteiger partial charge in [-0.15, -0.1) is 0 Å². The smallest absolute Gasteiger partial charge is 0.387 e. The van der Waals surface area contributed by atoms with Gasteiger partial charge in [0.2, 0.25) is 5.91 Å². The topological polar surface area (TPSA) is 110 Å². The van der Waals surface area contributed by atoms with E-state index >= 15 is 0 Å². The minimum absolute atomic E-state index is 0.131. The predicted molar refractivity (Wildman–Crippen MR) is 122 cm³/mol. The highest BCUT2D eigenvalue weighted by Gasteiger charge is 2.33. The molecule has 0 aliphatic carbocycles. The summed E-state index contributed by atoms with van der Waals surface area (Å²) in [5.41, 5.74) is 1.43. The van der Waals surface area contributed by atoms with E-state index in [0.29, 0.717) is 24.2 Å². The van der Waals surface area contributed by atoms with Crippen LogP contribution in [0.2, 0.25) is 5.02 Å². The average molecular weight is 504 g/mol. The number of likely N-dealkylation sites (N-methyl/N-ethyl adjacent to an activating group) is 1. The second-order valence-corrected chi connectivity index (χ2v) is 8.43. The second-order valence-electron chi connectivity index (χ2n) is 7.99. The van der Waals surface area contributed by atoms with E-state index in [0.717, 1.165) is 0 Å². The van der Waals surface area contributed by atoms with Gasteiger partial charge in [-0.05, 0) is 30.7 Å². The number of aliphatic hydroxyl groups is 1. The maximum Gasteiger partial charge on any atom is 0.387 e. The van der Waals surface area contributed by atoms with Gasteiger partial charge in [-0.3, -0.25) is 9.48 Å². The Balaban J connectivity index is 1.59. The number of anilines is 1. The normalized spacial score (nSPS) is 16.9. The lowest BCUT2D eigenvalue weighted by Crippen LogP contribution is -2.24. The highest BCUT2D eigenvalue weighted by atomic mass is 35.5. The van der Waals surface area contributed by atoms with E-state index in [-0.39, 0.29) is 33.6 Å². The summed E-state index contributed by atoms with van der Waals surface area (Å²) < 4.78 is 33.9. The maximum absolute atomic E-state index is 13.1. The molecule has 1 saturated heterocycles. The summed E-state index contributed by atoms with van der Waals surface area (Å²) in [6, 6.07) is 5.28. The Morgan fingerprint density at radius 2 is 2.17 bits per heavy atom. The standard InChI is InChI=1S/C22H20ClF2N7O3/c1-30-8-5-16(21(30)34)32-11-15(28-20(33)14-10-27-31-7-2-6-26-19(14)31)18(29-32)13-9-12(23)3-4-17(13)35-22(24)25/h2-4,6-7,9-11,16,20,22,28,33H,5,8H2,1H3/t16-,20?/m1/s1. The molecule has 0 radical (unpaired) electrons. The van der Waals surface area contributed by atoms with Crippen LogP contribution in [0.25, 0.3) is 16.9 Å². The Kier molecular flexibility index (Phi) is 5.99. The molecule has 1 fully saturated rings. The number of rotatable bonds is 7. The van der Waals surface area contributed by atoms with E-state index in [9.17, 15) is 18.7 Å². The number of nitrogens with zero attached hydrogens (tertiary/aromatic N) is 6. The molecule has 1 amide bonds. The van der Waals surface area contributed by atoms with Crippen LogP contribution in [0.5, 0.6) is 5.75 Å². The molecule has 3 aromatic heterocycles. The Morgan fingerprint density at radius 3 is 2.91 bits per heavy atom. The van der Waals surface area contributed by atoms with Crippen LogP contribution in [0.3, 0.4) is 0 Å². The molecule has 13 heteroatoms. The molecule has 0 spiro atoms. The fourth-order valence-electron chi connectivity index (χ4n) is 4.05. The van der Waals surface area contributed by atoms with Gasteiger partial charge in [0.15, 0.2) is 11.9 Å². The lowest BCUT2D eigenvalue weighted by atomic mass is 10.1. The van der Waals surface area contributed by atoms with Gasteiger partial charge in [-0.2, -0.15) is 19.0 Å². The van der Waals surface area contributed by atoms with E-state index < -0.39 is 18.9 Å². The van der Waals surface area contributed by atoms with Crippen LogP contribution in [-0.4, -0.2) is 60.5 Å². The van der Waals surface area contributed by atoms with Crippen molar-refractivity contribution in [1.82, 2.24) is 29.3 Å². The number of nitrogens with one attached hydrogen (secondary N) is 1. The number of hydrogen-bond donors (Lipinski definition) is 2. The number of ether oxygens (including phenoxy) is 1. The lowest BCUT2D eigenvalue weighted by molar-refractivity contribution is -0.129. The summed E-state index contributed by atoms with van der Waals surface area (Å²) >= 11 is 6.16. The summed E-state index contributed by atoms with van der Waals surface area (Å²) in [5.74, 6) is -0.284. The Bertz CT molecular complexity index is 1390. The third kappa shape index (κ3) is 4.37. The van der Waals surface area contributed by atoms with Crippen molar-refractivity contribution in [3.63, 3.8) is 0 Å². The molecule has 1 unspecified atom stereocenters. The number of halogens is 3. The third-order valence-corrected chi connectivity index (χ3v) is 5.99. The molecule has 182 valence electrons. The maximum atomic E-state index is 13.1. The van der Waals surface area contributed by atoms with Gasteiger partial charge in [0.1, 0.15) is 17.5 Å². The molecular weight excluding hydrogens is 484 g/mol. The van der Waals surface area contributed by atoms with E-state index in [1.807, 2.05) is 0 Å². The van der Waals surface area contributed by atoms with Crippen LogP contribution in [-0.2, 0) is 4.79 Å². The first-order valence-electron chi connectivity index (χ1n) is 10.6. The van der Waals surface area contributed by atoms with Gasteiger partial charge >= 0.3 is 6.61 Å². The number of hydrogen-bond acceptors (Lipinski definition) is 7. The van der Waals surface area contributed by atoms with E-state index in [2.05, 4.69) is 25.2 Å². The van der Waals surface area contributed by atoms with Gasteiger partial charge in [-0.1, -0.05) is 11.6 Å². The molecule has 2 atom stereocenters. The molecule has 0 saturated carbocycles. The number of aliphatic hydroxyl groups excluding tert-OH is 1. The zero-order valence-electron chi connectivity index (χ0n) is 18.3. The van der Waals surface area contributed by atoms with Crippen molar-refractivity contribution in [2.45, 2.75) is 25.3 Å². The van der Waals surface area contributed by atoms with Crippen LogP contribution in [0, 0.1) is 0 Å². The van der Waals surface area contributed by atoms with Crippen molar-refractivity contribution in [1.29, 1.82) is 0 Å². The van der Waals surface area contributed by atoms with Crippen LogP contribution in [0.15, 0.2) is 49.1 Å². The summed E-state index contributed by atoms with van der Waals surface area (Å²) in [6.45, 7) is -2.52. The molecular formula is C22H20ClF2N7O3. The number of likely N-dealkylation sites (tertiary alicyclic amines) is 1. The zero-order chi connectivity index (χ0) is 24.7. The number of carbonyl (C=O) groups is 1. The van der Waals surface area contributed by atoms with E-state index in [1.54, 1.807) is 36.6 Å². The molecule has 4 aromatic rings. The summed E-state index contributed by atoms with van der Waals surface area (Å²) in [5, 5.41) is 22.9. The van der Waals surface area contributed by atoms with E-state index in [1.165, 1.54) is 33.6 Å². The first kappa shape index (κ1) is 23.0. The SMILES string of the molecule is CN1CC[C@@H](n2cc(NC(O)c3cnn4cccnc34)c(-c3cc(Cl)ccc3OC(F)F)n2)C1=O. The Hall–Kier alpha value is -3.77. The molecule has 0 bridgehead atoms. The Morgan fingerprint density at radius 1 is 1.34 bits per heavy atom. The predicted octanol–water partition coefficient (Wildman–Crippen LogP) is 3.35. The molecule has 1 aliphatic heterocycles. The third-order valence-electron chi connectivity index (χ3n) is 5.76. The van der Waals surface area contributed by atoms with Crippen LogP contribution < -0.4 is 10.1 Å². The zero-order valence-corrected chi connectivity index (χ0v) is 19.1. The van der Waals surface area contributed by atoms with Gasteiger partial charge in [0, 0.05) is 42.8 Å². The molecule has 1 aliphatic rings. The van der Waals surface area contributed by atoms with E-state index in [4.69, 9.17) is 11.6 Å². The molecule has 1 aromatic carbocycles. The first-order valence-corrected chi connectivity index (χ1v) is 11.0. The van der Waals surface area contributed by atoms with Crippen molar-refractivity contribution in [2.75, 3.05) is 18.9 Å². The first-order chi connectivity index (χ1) is 16.8. The van der Waals surface area contributed by atoms with Crippen LogP contribution in [0.1, 0.15) is 24.3 Å². The number of aromatic nitrogens is 5. The fourth-order valence-corrected chi connectivity index (χ4v) is 4.23. The average Bonchev–Trinajstić information content (AvgIpc) is 3.52. The van der Waals surface area contributed by atoms with Crippen LogP contribution in [0.4, 0.5) is 14.5 Å². The van der Waals surface area contributed by atoms with Crippen molar-refractivity contribution in [2.24, 2.45) is 0 Å². The van der Waals surface area contributed by atoms with Crippen molar-refractivity contribution in [3.05, 3.63) is 59.6 Å². The summed E-state index contributed by atoms with van der Waals surface area (Å²) in [6.07, 6.45) is 5.51. The number of alkyl halides is 2. The number of amides is 1. The number of fused-ring (bicyclic) bond motifs is 1. The molecule has 5 rings (SSSR count). The molecule has 35 heavy (non-hydrogen) atoms. The summed E-state index contributed by atoms with van der Waals surface area (Å²) in [7, 11) is 1.69. The fraction of sp³-hybridized carbons (Fsp3) is 0.273. The number of benzene rings is 1. The highest BCUT2D eigenvalue weighted by molar-refractivity contribution is 6.31. The summed E-state index contributed by atoms with van der Waals surface area (Å²) in [4.78, 5) is 18.4. The molecule has 4 heterocycles. The van der Waals surface area contributed by atoms with Gasteiger partial charge in [0.25, 0.3) is 0 Å². The van der Waals surface area contributed by atoms with Crippen molar-refractivity contribution >= 4 is 28.8 Å². The molecule has 2 N–H and O–H groups in total. The highest BCUT2D eigenvalue weighted by Crippen LogP contribution is 2.39. The minimum atomic E-state index is -3.08. The number of carbonyl (C=O) groups excluding carboxylic acids is 1. The minimum Gasteiger partial charge on any atom is -0.434 e. The lowest BCUT2D eigenvalue weighted by Gasteiger charge is -2.14.